The van der Waals surface area contributed by atoms with Gasteiger partial charge in [-0.2, -0.15) is 5.26 Å². The van der Waals surface area contributed by atoms with E-state index in [2.05, 4.69) is 10.3 Å². The average molecular weight is 272 g/mol. The zero-order chi connectivity index (χ0) is 14.5. The van der Waals surface area contributed by atoms with E-state index in [-0.39, 0.29) is 12.6 Å². The van der Waals surface area contributed by atoms with Crippen molar-refractivity contribution in [2.45, 2.75) is 26.5 Å². The first kappa shape index (κ1) is 13.9. The minimum absolute atomic E-state index is 0.119. The third-order valence-electron chi connectivity index (χ3n) is 2.80. The molecule has 104 valence electrons. The Kier molecular flexibility index (Phi) is 4.20. The molecular weight excluding hydrogens is 256 g/mol. The molecule has 0 radical (unpaired) electrons. The molecule has 2 aromatic rings. The van der Waals surface area contributed by atoms with Crippen LogP contribution in [0, 0.1) is 11.3 Å². The van der Waals surface area contributed by atoms with Gasteiger partial charge < -0.3 is 9.47 Å². The van der Waals surface area contributed by atoms with Gasteiger partial charge in [-0.3, -0.25) is 0 Å². The van der Waals surface area contributed by atoms with E-state index in [1.165, 1.54) is 0 Å². The molecule has 0 aliphatic rings. The normalized spacial score (nSPS) is 10.3. The van der Waals surface area contributed by atoms with E-state index in [1.807, 2.05) is 38.1 Å². The lowest BCUT2D eigenvalue weighted by molar-refractivity contribution is 0.285. The van der Waals surface area contributed by atoms with Gasteiger partial charge in [0.05, 0.1) is 7.11 Å². The smallest absolute Gasteiger partial charge is 0.189 e. The predicted molar refractivity (Wildman–Crippen MR) is 72.4 cm³/mol. The molecule has 0 aliphatic heterocycles. The molecule has 0 atom stereocenters. The van der Waals surface area contributed by atoms with Crippen molar-refractivity contribution >= 4 is 0 Å². The van der Waals surface area contributed by atoms with Crippen LogP contribution >= 0.6 is 0 Å². The zero-order valence-corrected chi connectivity index (χ0v) is 11.7. The van der Waals surface area contributed by atoms with Crippen molar-refractivity contribution in [1.82, 2.24) is 15.0 Å². The van der Waals surface area contributed by atoms with Crippen molar-refractivity contribution in [3.8, 4) is 17.6 Å². The number of nitriles is 1. The zero-order valence-electron chi connectivity index (χ0n) is 11.7. The number of benzene rings is 1. The Balaban J connectivity index is 2.18. The molecule has 0 fully saturated rings. The summed E-state index contributed by atoms with van der Waals surface area (Å²) in [5.41, 5.74) is 0.965. The van der Waals surface area contributed by atoms with Gasteiger partial charge in [0.1, 0.15) is 29.9 Å². The maximum Gasteiger partial charge on any atom is 0.189 e. The van der Waals surface area contributed by atoms with Gasteiger partial charge in [-0.25, -0.2) is 4.68 Å². The highest BCUT2D eigenvalue weighted by Crippen LogP contribution is 2.21. The molecule has 6 nitrogen and oxygen atoms in total. The quantitative estimate of drug-likeness (QED) is 0.835. The highest BCUT2D eigenvalue weighted by molar-refractivity contribution is 5.33. The number of ether oxygens (including phenoxy) is 2. The van der Waals surface area contributed by atoms with Crippen LogP contribution in [0.15, 0.2) is 24.3 Å². The van der Waals surface area contributed by atoms with Crippen molar-refractivity contribution < 1.29 is 9.47 Å². The SMILES string of the molecule is COc1cccc(OCc2c(C#N)nnn2C(C)C)c1. The fourth-order valence-electron chi connectivity index (χ4n) is 1.79. The molecule has 0 aliphatic carbocycles. The second kappa shape index (κ2) is 6.06. The number of hydrogen-bond acceptors (Lipinski definition) is 5. The Morgan fingerprint density at radius 1 is 1.35 bits per heavy atom. The first-order valence-corrected chi connectivity index (χ1v) is 6.26. The Labute approximate surface area is 117 Å². The van der Waals surface area contributed by atoms with Gasteiger partial charge in [-0.1, -0.05) is 11.3 Å². The predicted octanol–water partition coefficient (Wildman–Crippen LogP) is 2.32. The lowest BCUT2D eigenvalue weighted by Gasteiger charge is -2.11. The molecule has 0 saturated carbocycles. The van der Waals surface area contributed by atoms with Crippen molar-refractivity contribution in [2.24, 2.45) is 0 Å². The van der Waals surface area contributed by atoms with E-state index in [0.29, 0.717) is 17.1 Å². The van der Waals surface area contributed by atoms with Gasteiger partial charge in [-0.15, -0.1) is 5.10 Å². The van der Waals surface area contributed by atoms with Crippen LogP contribution in [0.25, 0.3) is 0 Å². The Hall–Kier alpha value is -2.55. The van der Waals surface area contributed by atoms with E-state index < -0.39 is 0 Å². The second-order valence-electron chi connectivity index (χ2n) is 4.50. The molecular formula is C14H16N4O2. The van der Waals surface area contributed by atoms with Crippen molar-refractivity contribution in [3.05, 3.63) is 35.7 Å². The summed E-state index contributed by atoms with van der Waals surface area (Å²) in [6.45, 7) is 4.19. The highest BCUT2D eigenvalue weighted by Gasteiger charge is 2.15. The number of aromatic nitrogens is 3. The second-order valence-corrected chi connectivity index (χ2v) is 4.50. The molecule has 0 unspecified atom stereocenters. The van der Waals surface area contributed by atoms with Gasteiger partial charge in [0, 0.05) is 12.1 Å². The van der Waals surface area contributed by atoms with Gasteiger partial charge in [0.25, 0.3) is 0 Å². The van der Waals surface area contributed by atoms with Gasteiger partial charge in [0.2, 0.25) is 0 Å². The summed E-state index contributed by atoms with van der Waals surface area (Å²) in [7, 11) is 1.60. The first-order chi connectivity index (χ1) is 9.65. The van der Waals surface area contributed by atoms with E-state index in [1.54, 1.807) is 17.9 Å². The Bertz CT molecular complexity index is 628. The number of rotatable bonds is 5. The Morgan fingerprint density at radius 2 is 2.10 bits per heavy atom. The fraction of sp³-hybridized carbons (Fsp3) is 0.357. The third kappa shape index (κ3) is 2.88. The monoisotopic (exact) mass is 272 g/mol. The summed E-state index contributed by atoms with van der Waals surface area (Å²) in [4.78, 5) is 0. The third-order valence-corrected chi connectivity index (χ3v) is 2.80. The lowest BCUT2D eigenvalue weighted by Crippen LogP contribution is -2.10. The molecule has 0 saturated heterocycles. The maximum atomic E-state index is 9.05. The van der Waals surface area contributed by atoms with Gasteiger partial charge >= 0.3 is 0 Å². The molecule has 1 aromatic heterocycles. The van der Waals surface area contributed by atoms with Crippen LogP contribution in [-0.2, 0) is 6.61 Å². The summed E-state index contributed by atoms with van der Waals surface area (Å²) in [6, 6.07) is 9.45. The molecule has 2 rings (SSSR count). The van der Waals surface area contributed by atoms with Crippen LogP contribution in [0.5, 0.6) is 11.5 Å². The van der Waals surface area contributed by atoms with E-state index in [9.17, 15) is 0 Å². The lowest BCUT2D eigenvalue weighted by atomic mass is 10.3. The molecule has 0 amide bonds. The van der Waals surface area contributed by atoms with Crippen LogP contribution in [-0.4, -0.2) is 22.1 Å². The molecule has 6 heteroatoms. The number of nitrogens with zero attached hydrogens (tertiary/aromatic N) is 4. The van der Waals surface area contributed by atoms with Crippen LogP contribution in [0.4, 0.5) is 0 Å². The number of methoxy groups -OCH3 is 1. The van der Waals surface area contributed by atoms with E-state index >= 15 is 0 Å². The standard InChI is InChI=1S/C14H16N4O2/c1-10(2)18-14(13(8-15)16-17-18)9-20-12-6-4-5-11(7-12)19-3/h4-7,10H,9H2,1-3H3. The minimum Gasteiger partial charge on any atom is -0.497 e. The van der Waals surface area contributed by atoms with Gasteiger partial charge in [0.15, 0.2) is 5.69 Å². The summed E-state index contributed by atoms with van der Waals surface area (Å²) < 4.78 is 12.5. The van der Waals surface area contributed by atoms with Gasteiger partial charge in [-0.05, 0) is 26.0 Å². The van der Waals surface area contributed by atoms with Crippen LogP contribution in [0.2, 0.25) is 0 Å². The van der Waals surface area contributed by atoms with Crippen LogP contribution in [0.3, 0.4) is 0 Å². The summed E-state index contributed by atoms with van der Waals surface area (Å²) in [6.07, 6.45) is 0. The minimum atomic E-state index is 0.119. The molecule has 0 spiro atoms. The molecule has 0 N–H and O–H groups in total. The molecule has 1 aromatic carbocycles. The van der Waals surface area contributed by atoms with Crippen LogP contribution in [0.1, 0.15) is 31.3 Å². The summed E-state index contributed by atoms with van der Waals surface area (Å²) in [5.74, 6) is 1.39. The van der Waals surface area contributed by atoms with Crippen molar-refractivity contribution in [1.29, 1.82) is 5.26 Å². The first-order valence-electron chi connectivity index (χ1n) is 6.26. The van der Waals surface area contributed by atoms with Crippen molar-refractivity contribution in [2.75, 3.05) is 7.11 Å². The largest absolute Gasteiger partial charge is 0.497 e. The number of hydrogen-bond donors (Lipinski definition) is 0. The van der Waals surface area contributed by atoms with E-state index in [4.69, 9.17) is 14.7 Å². The average Bonchev–Trinajstić information content (AvgIpc) is 2.88. The van der Waals surface area contributed by atoms with Crippen molar-refractivity contribution in [3.63, 3.8) is 0 Å². The molecule has 1 heterocycles. The molecule has 20 heavy (non-hydrogen) atoms. The topological polar surface area (TPSA) is 73.0 Å². The van der Waals surface area contributed by atoms with Crippen LogP contribution < -0.4 is 9.47 Å². The fourth-order valence-corrected chi connectivity index (χ4v) is 1.79. The highest BCUT2D eigenvalue weighted by atomic mass is 16.5. The maximum absolute atomic E-state index is 9.05. The molecule has 0 bridgehead atoms. The summed E-state index contributed by atoms with van der Waals surface area (Å²) in [5, 5.41) is 16.9. The Morgan fingerprint density at radius 3 is 2.75 bits per heavy atom. The van der Waals surface area contributed by atoms with E-state index in [0.717, 1.165) is 5.75 Å². The summed E-state index contributed by atoms with van der Waals surface area (Å²) >= 11 is 0.